The first-order valence-electron chi connectivity index (χ1n) is 6.62. The van der Waals surface area contributed by atoms with Gasteiger partial charge in [-0.05, 0) is 18.4 Å². The van der Waals surface area contributed by atoms with E-state index in [2.05, 4.69) is 5.32 Å². The third-order valence-corrected chi connectivity index (χ3v) is 5.13. The van der Waals surface area contributed by atoms with Crippen molar-refractivity contribution in [3.05, 3.63) is 24.3 Å². The summed E-state index contributed by atoms with van der Waals surface area (Å²) in [5.41, 5.74) is 0.766. The van der Waals surface area contributed by atoms with Crippen LogP contribution in [0.15, 0.2) is 29.2 Å². The molecule has 114 valence electrons. The molecule has 0 bridgehead atoms. The highest BCUT2D eigenvalue weighted by Crippen LogP contribution is 2.26. The minimum atomic E-state index is -0.871. The Labute approximate surface area is 132 Å². The van der Waals surface area contributed by atoms with Crippen molar-refractivity contribution in [3.8, 4) is 0 Å². The van der Waals surface area contributed by atoms with E-state index >= 15 is 0 Å². The Morgan fingerprint density at radius 1 is 1.48 bits per heavy atom. The van der Waals surface area contributed by atoms with E-state index in [0.29, 0.717) is 12.3 Å². The van der Waals surface area contributed by atoms with Gasteiger partial charge < -0.3 is 15.3 Å². The highest BCUT2D eigenvalue weighted by molar-refractivity contribution is 7.99. The van der Waals surface area contributed by atoms with Crippen LogP contribution in [-0.4, -0.2) is 52.4 Å². The molecular weight excluding hydrogens is 308 g/mol. The van der Waals surface area contributed by atoms with E-state index in [4.69, 9.17) is 5.11 Å². The van der Waals surface area contributed by atoms with Gasteiger partial charge in [0.15, 0.2) is 0 Å². The Balaban J connectivity index is 2.08. The van der Waals surface area contributed by atoms with E-state index in [9.17, 15) is 9.59 Å². The van der Waals surface area contributed by atoms with Gasteiger partial charge in [-0.15, -0.1) is 11.8 Å². The van der Waals surface area contributed by atoms with Crippen LogP contribution in [0.2, 0.25) is 0 Å². The molecule has 5 nitrogen and oxygen atoms in total. The van der Waals surface area contributed by atoms with Crippen molar-refractivity contribution in [1.82, 2.24) is 4.90 Å². The normalized spacial score (nSPS) is 18.3. The van der Waals surface area contributed by atoms with Crippen LogP contribution < -0.4 is 5.32 Å². The van der Waals surface area contributed by atoms with E-state index < -0.39 is 5.97 Å². The Morgan fingerprint density at radius 3 is 2.95 bits per heavy atom. The van der Waals surface area contributed by atoms with Crippen LogP contribution in [0.1, 0.15) is 6.42 Å². The van der Waals surface area contributed by atoms with E-state index in [1.807, 2.05) is 30.5 Å². The Morgan fingerprint density at radius 2 is 2.24 bits per heavy atom. The number of rotatable bonds is 4. The third kappa shape index (κ3) is 4.31. The zero-order chi connectivity index (χ0) is 15.2. The second-order valence-corrected chi connectivity index (χ2v) is 6.65. The highest BCUT2D eigenvalue weighted by Gasteiger charge is 2.29. The summed E-state index contributed by atoms with van der Waals surface area (Å²) in [6, 6.07) is 7.13. The highest BCUT2D eigenvalue weighted by atomic mass is 32.2. The van der Waals surface area contributed by atoms with Gasteiger partial charge >= 0.3 is 12.0 Å². The number of nitrogens with zero attached hydrogens (tertiary/aromatic N) is 1. The minimum absolute atomic E-state index is 0.00933. The third-order valence-electron chi connectivity index (χ3n) is 3.25. The molecule has 1 fully saturated rings. The number of hydrogen-bond donors (Lipinski definition) is 2. The lowest BCUT2D eigenvalue weighted by atomic mass is 10.2. The van der Waals surface area contributed by atoms with Crippen LogP contribution in [0, 0.1) is 0 Å². The molecule has 2 N–H and O–H groups in total. The topological polar surface area (TPSA) is 69.6 Å². The summed E-state index contributed by atoms with van der Waals surface area (Å²) in [5, 5.41) is 11.9. The average Bonchev–Trinajstić information content (AvgIpc) is 2.47. The summed E-state index contributed by atoms with van der Waals surface area (Å²) in [6.45, 7) is 0.579. The molecule has 1 unspecified atom stereocenters. The maximum absolute atomic E-state index is 12.4. The van der Waals surface area contributed by atoms with Crippen molar-refractivity contribution in [2.45, 2.75) is 17.4 Å². The van der Waals surface area contributed by atoms with E-state index in [1.54, 1.807) is 28.4 Å². The van der Waals surface area contributed by atoms with E-state index in [-0.39, 0.29) is 18.5 Å². The van der Waals surface area contributed by atoms with Crippen LogP contribution in [-0.2, 0) is 4.79 Å². The Hall–Kier alpha value is -1.34. The van der Waals surface area contributed by atoms with Crippen LogP contribution in [0.5, 0.6) is 0 Å². The fourth-order valence-electron chi connectivity index (χ4n) is 2.23. The van der Waals surface area contributed by atoms with Gasteiger partial charge in [0.1, 0.15) is 0 Å². The molecule has 2 amide bonds. The fraction of sp³-hybridized carbons (Fsp3) is 0.429. The van der Waals surface area contributed by atoms with Gasteiger partial charge in [-0.1, -0.05) is 12.1 Å². The number of carbonyl (C=O) groups is 2. The van der Waals surface area contributed by atoms with Gasteiger partial charge in [0, 0.05) is 22.9 Å². The molecule has 1 aliphatic heterocycles. The minimum Gasteiger partial charge on any atom is -0.481 e. The van der Waals surface area contributed by atoms with Crippen molar-refractivity contribution in [1.29, 1.82) is 0 Å². The zero-order valence-electron chi connectivity index (χ0n) is 11.7. The largest absolute Gasteiger partial charge is 0.481 e. The molecule has 0 radical (unpaired) electrons. The quantitative estimate of drug-likeness (QED) is 0.833. The molecular formula is C14H18N2O3S2. The smallest absolute Gasteiger partial charge is 0.322 e. The number of carbonyl (C=O) groups excluding carboxylic acids is 1. The molecule has 1 aliphatic rings. The van der Waals surface area contributed by atoms with Crippen molar-refractivity contribution in [2.75, 3.05) is 29.6 Å². The second kappa shape index (κ2) is 7.61. The summed E-state index contributed by atoms with van der Waals surface area (Å²) in [4.78, 5) is 26.0. The molecule has 7 heteroatoms. The monoisotopic (exact) mass is 326 g/mol. The summed E-state index contributed by atoms with van der Waals surface area (Å²) in [7, 11) is 0. The number of nitrogens with one attached hydrogen (secondary N) is 1. The molecule has 0 spiro atoms. The lowest BCUT2D eigenvalue weighted by molar-refractivity contribution is -0.137. The van der Waals surface area contributed by atoms with E-state index in [1.165, 1.54) is 0 Å². The lowest BCUT2D eigenvalue weighted by Gasteiger charge is -2.34. The van der Waals surface area contributed by atoms with Crippen LogP contribution in [0.25, 0.3) is 0 Å². The molecule has 1 heterocycles. The molecule has 1 aromatic carbocycles. The number of amides is 2. The second-order valence-electron chi connectivity index (χ2n) is 4.65. The zero-order valence-corrected chi connectivity index (χ0v) is 13.4. The molecule has 0 saturated carbocycles. The summed E-state index contributed by atoms with van der Waals surface area (Å²) >= 11 is 3.26. The van der Waals surface area contributed by atoms with Gasteiger partial charge in [-0.2, -0.15) is 11.8 Å². The molecule has 1 aromatic rings. The summed E-state index contributed by atoms with van der Waals surface area (Å²) in [6.07, 6.45) is 1.94. The van der Waals surface area contributed by atoms with Gasteiger partial charge in [0.05, 0.1) is 18.2 Å². The SMILES string of the molecule is CSc1ccccc1NC(=O)N1CCSCC1CC(=O)O. The number of anilines is 1. The van der Waals surface area contributed by atoms with Gasteiger partial charge in [-0.25, -0.2) is 4.79 Å². The first-order chi connectivity index (χ1) is 10.1. The molecule has 0 aliphatic carbocycles. The van der Waals surface area contributed by atoms with Crippen molar-refractivity contribution in [2.24, 2.45) is 0 Å². The number of para-hydroxylation sites is 1. The number of hydrogen-bond acceptors (Lipinski definition) is 4. The van der Waals surface area contributed by atoms with Crippen LogP contribution in [0.3, 0.4) is 0 Å². The Kier molecular flexibility index (Phi) is 5.81. The fourth-order valence-corrected chi connectivity index (χ4v) is 3.84. The van der Waals surface area contributed by atoms with Gasteiger partial charge in [-0.3, -0.25) is 4.79 Å². The summed E-state index contributed by atoms with van der Waals surface area (Å²) in [5.74, 6) is 0.641. The van der Waals surface area contributed by atoms with Crippen molar-refractivity contribution >= 4 is 41.2 Å². The predicted molar refractivity (Wildman–Crippen MR) is 87.3 cm³/mol. The molecule has 1 atom stereocenters. The van der Waals surface area contributed by atoms with Crippen LogP contribution >= 0.6 is 23.5 Å². The molecule has 1 saturated heterocycles. The van der Waals surface area contributed by atoms with Crippen LogP contribution in [0.4, 0.5) is 10.5 Å². The number of thioether (sulfide) groups is 2. The number of benzene rings is 1. The summed E-state index contributed by atoms with van der Waals surface area (Å²) < 4.78 is 0. The average molecular weight is 326 g/mol. The standard InChI is InChI=1S/C14H18N2O3S2/c1-20-12-5-3-2-4-11(12)15-14(19)16-6-7-21-9-10(16)8-13(17)18/h2-5,10H,6-9H2,1H3,(H,15,19)(H,17,18). The molecule has 21 heavy (non-hydrogen) atoms. The van der Waals surface area contributed by atoms with E-state index in [0.717, 1.165) is 16.3 Å². The first-order valence-corrected chi connectivity index (χ1v) is 9.00. The first kappa shape index (κ1) is 16.0. The van der Waals surface area contributed by atoms with Crippen molar-refractivity contribution in [3.63, 3.8) is 0 Å². The number of urea groups is 1. The molecule has 0 aromatic heterocycles. The molecule has 2 rings (SSSR count). The van der Waals surface area contributed by atoms with Gasteiger partial charge in [0.25, 0.3) is 0 Å². The van der Waals surface area contributed by atoms with Gasteiger partial charge in [0.2, 0.25) is 0 Å². The number of aliphatic carboxylic acids is 1. The lowest BCUT2D eigenvalue weighted by Crippen LogP contribution is -2.49. The maximum atomic E-state index is 12.4. The predicted octanol–water partition coefficient (Wildman–Crippen LogP) is 2.83. The maximum Gasteiger partial charge on any atom is 0.322 e. The number of carboxylic acid groups (broad SMARTS) is 1. The van der Waals surface area contributed by atoms with Crippen molar-refractivity contribution < 1.29 is 14.7 Å². The Bertz CT molecular complexity index is 525. The number of carboxylic acids is 1.